The van der Waals surface area contributed by atoms with Crippen LogP contribution in [0.5, 0.6) is 0 Å². The second-order valence-corrected chi connectivity index (χ2v) is 7.66. The van der Waals surface area contributed by atoms with E-state index in [0.717, 1.165) is 32.0 Å². The zero-order chi connectivity index (χ0) is 16.5. The summed E-state index contributed by atoms with van der Waals surface area (Å²) >= 11 is 1.87. The molecule has 4 nitrogen and oxygen atoms in total. The van der Waals surface area contributed by atoms with Crippen LogP contribution >= 0.6 is 11.3 Å². The van der Waals surface area contributed by atoms with Gasteiger partial charge in [0.05, 0.1) is 6.54 Å². The van der Waals surface area contributed by atoms with Gasteiger partial charge in [0.2, 0.25) is 0 Å². The van der Waals surface area contributed by atoms with E-state index in [2.05, 4.69) is 48.4 Å². The van der Waals surface area contributed by atoms with Gasteiger partial charge >= 0.3 is 0 Å². The van der Waals surface area contributed by atoms with E-state index in [1.54, 1.807) is 0 Å². The molecule has 0 amide bonds. The van der Waals surface area contributed by atoms with Gasteiger partial charge in [-0.3, -0.25) is 0 Å². The summed E-state index contributed by atoms with van der Waals surface area (Å²) in [6.07, 6.45) is 3.84. The highest BCUT2D eigenvalue weighted by molar-refractivity contribution is 7.11. The molecule has 2 heterocycles. The van der Waals surface area contributed by atoms with Gasteiger partial charge in [0.1, 0.15) is 0 Å². The summed E-state index contributed by atoms with van der Waals surface area (Å²) in [6.45, 7) is 13.0. The van der Waals surface area contributed by atoms with E-state index < -0.39 is 0 Å². The summed E-state index contributed by atoms with van der Waals surface area (Å²) in [5.41, 5.74) is 0. The third kappa shape index (κ3) is 6.51. The minimum Gasteiger partial charge on any atom is -0.357 e. The van der Waals surface area contributed by atoms with Crippen LogP contribution in [0, 0.1) is 5.92 Å². The molecule has 23 heavy (non-hydrogen) atoms. The molecule has 2 rings (SSSR count). The summed E-state index contributed by atoms with van der Waals surface area (Å²) in [5.74, 6) is 1.58. The molecule has 0 radical (unpaired) electrons. The molecule has 0 aromatic carbocycles. The molecule has 0 bridgehead atoms. The van der Waals surface area contributed by atoms with Gasteiger partial charge in [0.15, 0.2) is 5.96 Å². The Morgan fingerprint density at radius 2 is 1.96 bits per heavy atom. The first kappa shape index (κ1) is 18.3. The predicted octanol–water partition coefficient (Wildman–Crippen LogP) is 3.10. The molecule has 2 N–H and O–H groups in total. The SMILES string of the molecule is CCNC(=NCc1ccc(CC)s1)NCC(C)CN1CCCC1. The Kier molecular flexibility index (Phi) is 7.89. The van der Waals surface area contributed by atoms with E-state index in [-0.39, 0.29) is 0 Å². The molecule has 0 spiro atoms. The molecule has 1 fully saturated rings. The Labute approximate surface area is 145 Å². The number of nitrogens with zero attached hydrogens (tertiary/aromatic N) is 2. The summed E-state index contributed by atoms with van der Waals surface area (Å²) in [6, 6.07) is 4.42. The van der Waals surface area contributed by atoms with Gasteiger partial charge in [0, 0.05) is 29.4 Å². The van der Waals surface area contributed by atoms with Crippen molar-refractivity contribution in [3.63, 3.8) is 0 Å². The summed E-state index contributed by atoms with van der Waals surface area (Å²) in [5, 5.41) is 6.85. The lowest BCUT2D eigenvalue weighted by Gasteiger charge is -2.21. The van der Waals surface area contributed by atoms with Crippen LogP contribution in [0.25, 0.3) is 0 Å². The van der Waals surface area contributed by atoms with Crippen molar-refractivity contribution in [2.75, 3.05) is 32.7 Å². The van der Waals surface area contributed by atoms with E-state index in [9.17, 15) is 0 Å². The highest BCUT2D eigenvalue weighted by Crippen LogP contribution is 2.17. The molecule has 0 saturated carbocycles. The first-order valence-electron chi connectivity index (χ1n) is 9.03. The summed E-state index contributed by atoms with van der Waals surface area (Å²) < 4.78 is 0. The number of nitrogens with one attached hydrogen (secondary N) is 2. The molecule has 1 aromatic rings. The number of aryl methyl sites for hydroxylation is 1. The van der Waals surface area contributed by atoms with Crippen LogP contribution in [0.15, 0.2) is 17.1 Å². The standard InChI is InChI=1S/C18H32N4S/c1-4-16-8-9-17(23-16)13-21-18(19-5-2)20-12-15(3)14-22-10-6-7-11-22/h8-9,15H,4-7,10-14H2,1-3H3,(H2,19,20,21). The van der Waals surface area contributed by atoms with E-state index >= 15 is 0 Å². The highest BCUT2D eigenvalue weighted by Gasteiger charge is 2.14. The smallest absolute Gasteiger partial charge is 0.191 e. The average molecular weight is 337 g/mol. The average Bonchev–Trinajstić information content (AvgIpc) is 3.21. The quantitative estimate of drug-likeness (QED) is 0.566. The van der Waals surface area contributed by atoms with Gasteiger partial charge in [-0.25, -0.2) is 4.99 Å². The predicted molar refractivity (Wildman–Crippen MR) is 101 cm³/mol. The van der Waals surface area contributed by atoms with Crippen molar-refractivity contribution in [1.29, 1.82) is 0 Å². The van der Waals surface area contributed by atoms with Crippen molar-refractivity contribution in [2.45, 2.75) is 46.6 Å². The molecule has 1 aliphatic rings. The Morgan fingerprint density at radius 3 is 2.61 bits per heavy atom. The molecule has 1 atom stereocenters. The third-order valence-electron chi connectivity index (χ3n) is 4.19. The van der Waals surface area contributed by atoms with Crippen molar-refractivity contribution in [1.82, 2.24) is 15.5 Å². The molecule has 5 heteroatoms. The number of hydrogen-bond donors (Lipinski definition) is 2. The first-order valence-corrected chi connectivity index (χ1v) is 9.85. The summed E-state index contributed by atoms with van der Waals surface area (Å²) in [4.78, 5) is 10.1. The number of likely N-dealkylation sites (tertiary alicyclic amines) is 1. The third-order valence-corrected chi connectivity index (χ3v) is 5.40. The van der Waals surface area contributed by atoms with Crippen LogP contribution < -0.4 is 10.6 Å². The fourth-order valence-corrected chi connectivity index (χ4v) is 3.82. The fraction of sp³-hybridized carbons (Fsp3) is 0.722. The molecule has 1 unspecified atom stereocenters. The van der Waals surface area contributed by atoms with Crippen LogP contribution in [0.1, 0.15) is 43.4 Å². The Balaban J connectivity index is 1.78. The Bertz CT molecular complexity index is 477. The first-order chi connectivity index (χ1) is 11.2. The van der Waals surface area contributed by atoms with Crippen molar-refractivity contribution in [2.24, 2.45) is 10.9 Å². The molecular weight excluding hydrogens is 304 g/mol. The molecule has 1 aliphatic heterocycles. The second-order valence-electron chi connectivity index (χ2n) is 6.41. The van der Waals surface area contributed by atoms with Crippen LogP contribution in [-0.2, 0) is 13.0 Å². The normalized spacial score (nSPS) is 17.4. The number of aliphatic imine (C=N–C) groups is 1. The number of rotatable bonds is 8. The van der Waals surface area contributed by atoms with E-state index in [4.69, 9.17) is 4.99 Å². The van der Waals surface area contributed by atoms with Crippen LogP contribution in [0.2, 0.25) is 0 Å². The molecule has 1 saturated heterocycles. The van der Waals surface area contributed by atoms with Crippen molar-refractivity contribution >= 4 is 17.3 Å². The topological polar surface area (TPSA) is 39.7 Å². The van der Waals surface area contributed by atoms with Gasteiger partial charge < -0.3 is 15.5 Å². The lowest BCUT2D eigenvalue weighted by molar-refractivity contribution is 0.287. The number of guanidine groups is 1. The maximum atomic E-state index is 4.73. The van der Waals surface area contributed by atoms with Gasteiger partial charge in [-0.05, 0) is 57.3 Å². The fourth-order valence-electron chi connectivity index (χ4n) is 2.94. The number of hydrogen-bond acceptors (Lipinski definition) is 3. The highest BCUT2D eigenvalue weighted by atomic mass is 32.1. The van der Waals surface area contributed by atoms with Gasteiger partial charge in [-0.2, -0.15) is 0 Å². The van der Waals surface area contributed by atoms with Gasteiger partial charge in [0.25, 0.3) is 0 Å². The van der Waals surface area contributed by atoms with Crippen molar-refractivity contribution in [3.8, 4) is 0 Å². The van der Waals surface area contributed by atoms with Crippen LogP contribution in [0.3, 0.4) is 0 Å². The second kappa shape index (κ2) is 9.93. The lowest BCUT2D eigenvalue weighted by atomic mass is 10.1. The van der Waals surface area contributed by atoms with Gasteiger partial charge in [-0.15, -0.1) is 11.3 Å². The van der Waals surface area contributed by atoms with Crippen LogP contribution in [-0.4, -0.2) is 43.6 Å². The van der Waals surface area contributed by atoms with Gasteiger partial charge in [-0.1, -0.05) is 13.8 Å². The molecule has 130 valence electrons. The maximum Gasteiger partial charge on any atom is 0.191 e. The minimum absolute atomic E-state index is 0.644. The maximum absolute atomic E-state index is 4.73. The van der Waals surface area contributed by atoms with Crippen molar-refractivity contribution < 1.29 is 0 Å². The van der Waals surface area contributed by atoms with Crippen molar-refractivity contribution in [3.05, 3.63) is 21.9 Å². The van der Waals surface area contributed by atoms with Crippen LogP contribution in [0.4, 0.5) is 0 Å². The molecule has 1 aromatic heterocycles. The molecular formula is C18H32N4S. The van der Waals surface area contributed by atoms with E-state index in [0.29, 0.717) is 5.92 Å². The number of thiophene rings is 1. The Morgan fingerprint density at radius 1 is 1.22 bits per heavy atom. The Hall–Kier alpha value is -1.07. The zero-order valence-corrected chi connectivity index (χ0v) is 15.7. The molecule has 0 aliphatic carbocycles. The summed E-state index contributed by atoms with van der Waals surface area (Å²) in [7, 11) is 0. The minimum atomic E-state index is 0.644. The largest absolute Gasteiger partial charge is 0.357 e. The monoisotopic (exact) mass is 336 g/mol. The zero-order valence-electron chi connectivity index (χ0n) is 14.9. The van der Waals surface area contributed by atoms with E-state index in [1.165, 1.54) is 42.2 Å². The van der Waals surface area contributed by atoms with E-state index in [1.807, 2.05) is 11.3 Å². The lowest BCUT2D eigenvalue weighted by Crippen LogP contribution is -2.41.